The number of pyridine rings is 1. The zero-order valence-corrected chi connectivity index (χ0v) is 17.8. The zero-order valence-electron chi connectivity index (χ0n) is 17.0. The van der Waals surface area contributed by atoms with Crippen LogP contribution in [0.1, 0.15) is 27.6 Å². The molecule has 0 radical (unpaired) electrons. The number of hydrogen-bond acceptors (Lipinski definition) is 6. The van der Waals surface area contributed by atoms with Gasteiger partial charge in [0.05, 0.1) is 11.8 Å². The van der Waals surface area contributed by atoms with Gasteiger partial charge in [-0.2, -0.15) is 0 Å². The van der Waals surface area contributed by atoms with Crippen LogP contribution in [0.5, 0.6) is 0 Å². The highest BCUT2D eigenvalue weighted by Gasteiger charge is 2.18. The Kier molecular flexibility index (Phi) is 7.71. The topological polar surface area (TPSA) is 109 Å². The third-order valence-corrected chi connectivity index (χ3v) is 5.09. The quantitative estimate of drug-likeness (QED) is 0.418. The summed E-state index contributed by atoms with van der Waals surface area (Å²) in [5.41, 5.74) is 5.25. The minimum atomic E-state index is -3.42. The fourth-order valence-corrected chi connectivity index (χ4v) is 3.29. The summed E-state index contributed by atoms with van der Waals surface area (Å²) in [6, 6.07) is 19.9. The fourth-order valence-electron chi connectivity index (χ4n) is 2.84. The second-order valence-electron chi connectivity index (χ2n) is 6.82. The Balaban J connectivity index is 1.68. The number of sulfonamides is 1. The van der Waals surface area contributed by atoms with Crippen molar-refractivity contribution in [1.29, 1.82) is 0 Å². The molecule has 1 amide bonds. The van der Waals surface area contributed by atoms with Crippen molar-refractivity contribution < 1.29 is 18.0 Å². The molecule has 8 nitrogen and oxygen atoms in total. The molecule has 0 aliphatic heterocycles. The van der Waals surface area contributed by atoms with Gasteiger partial charge < -0.3 is 5.32 Å². The van der Waals surface area contributed by atoms with Crippen LogP contribution in [0.15, 0.2) is 79.1 Å². The van der Waals surface area contributed by atoms with E-state index >= 15 is 0 Å². The first-order valence-corrected chi connectivity index (χ1v) is 11.5. The van der Waals surface area contributed by atoms with Crippen molar-refractivity contribution in [2.75, 3.05) is 18.1 Å². The lowest BCUT2D eigenvalue weighted by Gasteiger charge is -2.19. The highest BCUT2D eigenvalue weighted by Crippen LogP contribution is 2.18. The van der Waals surface area contributed by atoms with Crippen molar-refractivity contribution >= 4 is 21.6 Å². The molecule has 1 atom stereocenters. The average molecular weight is 441 g/mol. The summed E-state index contributed by atoms with van der Waals surface area (Å²) in [5.74, 6) is -0.446. The molecule has 0 aliphatic rings. The fraction of sp³-hybridized carbons (Fsp3) is 0.182. The van der Waals surface area contributed by atoms with E-state index in [1.807, 2.05) is 36.4 Å². The van der Waals surface area contributed by atoms with Gasteiger partial charge in [-0.15, -0.1) is 0 Å². The van der Waals surface area contributed by atoms with Gasteiger partial charge in [-0.3, -0.25) is 14.6 Å². The molecule has 2 aromatic carbocycles. The van der Waals surface area contributed by atoms with Crippen LogP contribution in [-0.4, -0.2) is 32.1 Å². The number of rotatable bonds is 10. The molecule has 1 unspecified atom stereocenters. The molecule has 0 fully saturated rings. The molecule has 1 aromatic heterocycles. The minimum absolute atomic E-state index is 0.0228. The van der Waals surface area contributed by atoms with E-state index in [4.69, 9.17) is 4.84 Å². The third-order valence-electron chi connectivity index (χ3n) is 4.40. The van der Waals surface area contributed by atoms with Crippen LogP contribution in [0.3, 0.4) is 0 Å². The van der Waals surface area contributed by atoms with Gasteiger partial charge in [0, 0.05) is 31.2 Å². The van der Waals surface area contributed by atoms with Crippen LogP contribution >= 0.6 is 0 Å². The Morgan fingerprint density at radius 2 is 1.68 bits per heavy atom. The number of carbonyl (C=O) groups is 1. The summed E-state index contributed by atoms with van der Waals surface area (Å²) in [7, 11) is -3.42. The SMILES string of the molecule is CS(=O)(=O)NCC(ONC(=O)c1ccccc1NCc1ccncc1)c1ccccc1. The van der Waals surface area contributed by atoms with E-state index in [2.05, 4.69) is 20.5 Å². The van der Waals surface area contributed by atoms with E-state index in [1.165, 1.54) is 0 Å². The van der Waals surface area contributed by atoms with Crippen molar-refractivity contribution in [2.45, 2.75) is 12.6 Å². The summed E-state index contributed by atoms with van der Waals surface area (Å²) in [6.45, 7) is 0.504. The Morgan fingerprint density at radius 3 is 2.39 bits per heavy atom. The first-order valence-electron chi connectivity index (χ1n) is 9.60. The molecule has 0 saturated carbocycles. The molecule has 0 aliphatic carbocycles. The van der Waals surface area contributed by atoms with E-state index < -0.39 is 22.0 Å². The van der Waals surface area contributed by atoms with Crippen LogP contribution in [0.4, 0.5) is 5.69 Å². The maximum atomic E-state index is 12.8. The lowest BCUT2D eigenvalue weighted by molar-refractivity contribution is -0.0146. The number of amides is 1. The van der Waals surface area contributed by atoms with Crippen molar-refractivity contribution in [3.8, 4) is 0 Å². The van der Waals surface area contributed by atoms with Gasteiger partial charge in [0.15, 0.2) is 0 Å². The molecule has 3 N–H and O–H groups in total. The Morgan fingerprint density at radius 1 is 1.00 bits per heavy atom. The van der Waals surface area contributed by atoms with E-state index in [0.29, 0.717) is 17.8 Å². The minimum Gasteiger partial charge on any atom is -0.380 e. The number of carbonyl (C=O) groups excluding carboxylic acids is 1. The number of aromatic nitrogens is 1. The number of anilines is 1. The number of benzene rings is 2. The van der Waals surface area contributed by atoms with Crippen molar-refractivity contribution in [3.05, 3.63) is 95.8 Å². The van der Waals surface area contributed by atoms with Crippen LogP contribution < -0.4 is 15.5 Å². The summed E-state index contributed by atoms with van der Waals surface area (Å²) in [6.07, 6.45) is 3.78. The molecule has 0 bridgehead atoms. The summed E-state index contributed by atoms with van der Waals surface area (Å²) >= 11 is 0. The Hall–Kier alpha value is -3.27. The lowest BCUT2D eigenvalue weighted by atomic mass is 10.1. The molecular formula is C22H24N4O4S. The number of hydroxylamine groups is 1. The largest absolute Gasteiger partial charge is 0.380 e. The van der Waals surface area contributed by atoms with Crippen LogP contribution in [0.25, 0.3) is 0 Å². The summed E-state index contributed by atoms with van der Waals surface area (Å²) in [4.78, 5) is 22.4. The van der Waals surface area contributed by atoms with Gasteiger partial charge in [0.25, 0.3) is 5.91 Å². The van der Waals surface area contributed by atoms with E-state index in [9.17, 15) is 13.2 Å². The molecular weight excluding hydrogens is 416 g/mol. The van der Waals surface area contributed by atoms with Crippen molar-refractivity contribution in [2.24, 2.45) is 0 Å². The van der Waals surface area contributed by atoms with Crippen LogP contribution in [-0.2, 0) is 21.4 Å². The van der Waals surface area contributed by atoms with E-state index in [-0.39, 0.29) is 6.54 Å². The number of nitrogens with zero attached hydrogens (tertiary/aromatic N) is 1. The lowest BCUT2D eigenvalue weighted by Crippen LogP contribution is -2.33. The number of para-hydroxylation sites is 1. The van der Waals surface area contributed by atoms with Gasteiger partial charge in [0.2, 0.25) is 10.0 Å². The van der Waals surface area contributed by atoms with Crippen molar-refractivity contribution in [1.82, 2.24) is 15.2 Å². The van der Waals surface area contributed by atoms with E-state index in [1.54, 1.807) is 42.7 Å². The molecule has 0 spiro atoms. The third kappa shape index (κ3) is 7.18. The Labute approximate surface area is 181 Å². The maximum absolute atomic E-state index is 12.8. The Bertz CT molecular complexity index is 1090. The van der Waals surface area contributed by atoms with Crippen LogP contribution in [0.2, 0.25) is 0 Å². The molecule has 3 rings (SSSR count). The first kappa shape index (κ1) is 22.4. The highest BCUT2D eigenvalue weighted by atomic mass is 32.2. The van der Waals surface area contributed by atoms with Crippen LogP contribution in [0, 0.1) is 0 Å². The smallest absolute Gasteiger partial charge is 0.276 e. The van der Waals surface area contributed by atoms with Gasteiger partial charge in [-0.1, -0.05) is 42.5 Å². The standard InChI is InChI=1S/C22H24N4O4S/c1-31(28,29)25-16-21(18-7-3-2-4-8-18)30-26-22(27)19-9-5-6-10-20(19)24-15-17-11-13-23-14-12-17/h2-14,21,24-25H,15-16H2,1H3,(H,26,27). The predicted molar refractivity (Wildman–Crippen MR) is 119 cm³/mol. The average Bonchev–Trinajstić information content (AvgIpc) is 2.78. The molecule has 3 aromatic rings. The molecule has 31 heavy (non-hydrogen) atoms. The van der Waals surface area contributed by atoms with E-state index in [0.717, 1.165) is 17.4 Å². The molecule has 0 saturated heterocycles. The second-order valence-corrected chi connectivity index (χ2v) is 8.66. The number of hydrogen-bond donors (Lipinski definition) is 3. The van der Waals surface area contributed by atoms with Gasteiger partial charge in [0.1, 0.15) is 6.10 Å². The van der Waals surface area contributed by atoms with Gasteiger partial charge >= 0.3 is 0 Å². The highest BCUT2D eigenvalue weighted by molar-refractivity contribution is 7.88. The van der Waals surface area contributed by atoms with Gasteiger partial charge in [-0.25, -0.2) is 18.6 Å². The monoisotopic (exact) mass is 440 g/mol. The summed E-state index contributed by atoms with van der Waals surface area (Å²) < 4.78 is 25.4. The number of nitrogens with one attached hydrogen (secondary N) is 3. The zero-order chi connectivity index (χ0) is 22.1. The predicted octanol–water partition coefficient (Wildman–Crippen LogP) is 2.65. The van der Waals surface area contributed by atoms with Crippen molar-refractivity contribution in [3.63, 3.8) is 0 Å². The molecule has 1 heterocycles. The second kappa shape index (κ2) is 10.7. The molecule has 9 heteroatoms. The first-order chi connectivity index (χ1) is 14.9. The maximum Gasteiger partial charge on any atom is 0.276 e. The normalized spacial score (nSPS) is 12.2. The molecule has 162 valence electrons. The summed E-state index contributed by atoms with van der Waals surface area (Å²) in [5, 5.41) is 3.24. The van der Waals surface area contributed by atoms with Gasteiger partial charge in [-0.05, 0) is 35.4 Å².